The van der Waals surface area contributed by atoms with Crippen LogP contribution >= 0.6 is 11.6 Å². The summed E-state index contributed by atoms with van der Waals surface area (Å²) in [6.07, 6.45) is 1.68. The Morgan fingerprint density at radius 2 is 1.54 bits per heavy atom. The molecule has 2 amide bonds. The number of nitrogens with one attached hydrogen (secondary N) is 3. The number of hydrogen-bond donors (Lipinski definition) is 3. The Hall–Kier alpha value is -2.42. The zero-order valence-corrected chi connectivity index (χ0v) is 15.1. The second-order valence-electron chi connectivity index (χ2n) is 5.84. The predicted octanol–water partition coefficient (Wildman–Crippen LogP) is 1.86. The van der Waals surface area contributed by atoms with Gasteiger partial charge in [-0.2, -0.15) is 0 Å². The lowest BCUT2D eigenvalue weighted by Crippen LogP contribution is -2.41. The highest BCUT2D eigenvalue weighted by Gasteiger charge is 2.27. The van der Waals surface area contributed by atoms with Crippen molar-refractivity contribution in [3.05, 3.63) is 64.7 Å². The first-order chi connectivity index (χ1) is 12.3. The fourth-order valence-corrected chi connectivity index (χ4v) is 3.66. The molecule has 1 saturated carbocycles. The molecular formula is C17H16ClN3O4S. The van der Waals surface area contributed by atoms with Gasteiger partial charge < -0.3 is 0 Å². The van der Waals surface area contributed by atoms with E-state index in [0.29, 0.717) is 10.6 Å². The normalized spacial score (nSPS) is 13.9. The molecule has 26 heavy (non-hydrogen) atoms. The van der Waals surface area contributed by atoms with Gasteiger partial charge in [-0.05, 0) is 55.3 Å². The maximum atomic E-state index is 12.1. The van der Waals surface area contributed by atoms with Crippen LogP contribution in [0.2, 0.25) is 5.02 Å². The van der Waals surface area contributed by atoms with Crippen molar-refractivity contribution < 1.29 is 18.0 Å². The molecule has 0 aliphatic heterocycles. The van der Waals surface area contributed by atoms with Gasteiger partial charge in [-0.25, -0.2) is 13.1 Å². The standard InChI is InChI=1S/C17H16ClN3O4S/c18-13-3-1-2-12(10-13)17(23)20-19-16(22)11-4-8-15(9-5-11)26(24,25)21-14-6-7-14/h1-5,8-10,14,21H,6-7H2,(H,19,22)(H,20,23). The Morgan fingerprint density at radius 1 is 0.923 bits per heavy atom. The molecule has 9 heteroatoms. The molecule has 0 saturated heterocycles. The summed E-state index contributed by atoms with van der Waals surface area (Å²) in [5.74, 6) is -1.09. The highest BCUT2D eigenvalue weighted by molar-refractivity contribution is 7.89. The van der Waals surface area contributed by atoms with E-state index in [1.165, 1.54) is 30.3 Å². The monoisotopic (exact) mass is 393 g/mol. The van der Waals surface area contributed by atoms with Gasteiger partial charge in [-0.15, -0.1) is 0 Å². The lowest BCUT2D eigenvalue weighted by molar-refractivity contribution is 0.0846. The second kappa shape index (κ2) is 7.45. The van der Waals surface area contributed by atoms with Crippen molar-refractivity contribution in [1.82, 2.24) is 15.6 Å². The molecule has 1 aliphatic rings. The summed E-state index contributed by atoms with van der Waals surface area (Å²) in [5.41, 5.74) is 5.05. The van der Waals surface area contributed by atoms with E-state index in [2.05, 4.69) is 15.6 Å². The van der Waals surface area contributed by atoms with Crippen LogP contribution in [0.1, 0.15) is 33.6 Å². The number of hydrazine groups is 1. The van der Waals surface area contributed by atoms with Gasteiger partial charge in [0.1, 0.15) is 0 Å². The molecule has 0 unspecified atom stereocenters. The lowest BCUT2D eigenvalue weighted by Gasteiger charge is -2.09. The second-order valence-corrected chi connectivity index (χ2v) is 7.99. The van der Waals surface area contributed by atoms with Gasteiger partial charge in [0.05, 0.1) is 4.90 Å². The van der Waals surface area contributed by atoms with Crippen LogP contribution in [0, 0.1) is 0 Å². The van der Waals surface area contributed by atoms with Crippen molar-refractivity contribution in [3.8, 4) is 0 Å². The molecule has 1 aliphatic carbocycles. The number of hydrogen-bond acceptors (Lipinski definition) is 4. The first kappa shape index (κ1) is 18.4. The Kier molecular flexibility index (Phi) is 5.26. The third-order valence-corrected chi connectivity index (χ3v) is 5.47. The Morgan fingerprint density at radius 3 is 2.12 bits per heavy atom. The highest BCUT2D eigenvalue weighted by Crippen LogP contribution is 2.22. The highest BCUT2D eigenvalue weighted by atomic mass is 35.5. The first-order valence-corrected chi connectivity index (χ1v) is 9.70. The topological polar surface area (TPSA) is 104 Å². The summed E-state index contributed by atoms with van der Waals surface area (Å²) in [5, 5.41) is 0.403. The average molecular weight is 394 g/mol. The molecule has 0 spiro atoms. The largest absolute Gasteiger partial charge is 0.269 e. The number of carbonyl (C=O) groups excluding carboxylic acids is 2. The molecule has 0 bridgehead atoms. The fourth-order valence-electron chi connectivity index (χ4n) is 2.16. The Bertz CT molecular complexity index is 941. The number of sulfonamides is 1. The van der Waals surface area contributed by atoms with E-state index in [1.54, 1.807) is 18.2 Å². The van der Waals surface area contributed by atoms with Crippen LogP contribution < -0.4 is 15.6 Å². The quantitative estimate of drug-likeness (QED) is 0.674. The Balaban J connectivity index is 1.60. The van der Waals surface area contributed by atoms with E-state index in [1.807, 2.05) is 0 Å². The molecule has 0 aromatic heterocycles. The van der Waals surface area contributed by atoms with Gasteiger partial charge in [-0.3, -0.25) is 20.4 Å². The molecule has 2 aromatic carbocycles. The minimum absolute atomic E-state index is 0.00433. The summed E-state index contributed by atoms with van der Waals surface area (Å²) in [7, 11) is -3.57. The lowest BCUT2D eigenvalue weighted by atomic mass is 10.2. The molecule has 2 aromatic rings. The molecule has 0 atom stereocenters. The van der Waals surface area contributed by atoms with Gasteiger partial charge in [0.15, 0.2) is 0 Å². The van der Waals surface area contributed by atoms with Crippen LogP contribution in [0.25, 0.3) is 0 Å². The van der Waals surface area contributed by atoms with Crippen LogP contribution in [0.5, 0.6) is 0 Å². The average Bonchev–Trinajstić information content (AvgIpc) is 3.42. The van der Waals surface area contributed by atoms with Crippen molar-refractivity contribution >= 4 is 33.4 Å². The van der Waals surface area contributed by atoms with Gasteiger partial charge in [0.25, 0.3) is 11.8 Å². The number of halogens is 1. The van der Waals surface area contributed by atoms with Crippen molar-refractivity contribution in [2.24, 2.45) is 0 Å². The SMILES string of the molecule is O=C(NNC(=O)c1cccc(Cl)c1)c1ccc(S(=O)(=O)NC2CC2)cc1. The summed E-state index contributed by atoms with van der Waals surface area (Å²) >= 11 is 5.81. The predicted molar refractivity (Wildman–Crippen MR) is 96.2 cm³/mol. The van der Waals surface area contributed by atoms with Crippen LogP contribution in [0.3, 0.4) is 0 Å². The van der Waals surface area contributed by atoms with Gasteiger partial charge in [-0.1, -0.05) is 17.7 Å². The van der Waals surface area contributed by atoms with E-state index < -0.39 is 21.8 Å². The van der Waals surface area contributed by atoms with E-state index in [0.717, 1.165) is 12.8 Å². The van der Waals surface area contributed by atoms with Crippen LogP contribution in [-0.4, -0.2) is 26.3 Å². The van der Waals surface area contributed by atoms with E-state index in [-0.39, 0.29) is 16.5 Å². The molecular weight excluding hydrogens is 378 g/mol. The molecule has 3 rings (SSSR count). The maximum absolute atomic E-state index is 12.1. The van der Waals surface area contributed by atoms with Crippen LogP contribution in [0.4, 0.5) is 0 Å². The molecule has 136 valence electrons. The molecule has 3 N–H and O–H groups in total. The Labute approximate surface area is 155 Å². The molecule has 7 nitrogen and oxygen atoms in total. The summed E-state index contributed by atoms with van der Waals surface area (Å²) in [6, 6.07) is 11.7. The fraction of sp³-hybridized carbons (Fsp3) is 0.176. The van der Waals surface area contributed by atoms with Gasteiger partial charge in [0, 0.05) is 22.2 Å². The number of amides is 2. The zero-order valence-electron chi connectivity index (χ0n) is 13.5. The van der Waals surface area contributed by atoms with E-state index in [9.17, 15) is 18.0 Å². The minimum atomic E-state index is -3.57. The van der Waals surface area contributed by atoms with Crippen molar-refractivity contribution in [2.75, 3.05) is 0 Å². The van der Waals surface area contributed by atoms with E-state index in [4.69, 9.17) is 11.6 Å². The third-order valence-electron chi connectivity index (χ3n) is 3.70. The molecule has 1 fully saturated rings. The number of rotatable bonds is 5. The van der Waals surface area contributed by atoms with Gasteiger partial charge >= 0.3 is 0 Å². The van der Waals surface area contributed by atoms with Crippen molar-refractivity contribution in [3.63, 3.8) is 0 Å². The summed E-state index contributed by atoms with van der Waals surface area (Å²) in [4.78, 5) is 24.1. The molecule has 0 radical (unpaired) electrons. The third kappa shape index (κ3) is 4.60. The smallest absolute Gasteiger partial charge is 0.267 e. The van der Waals surface area contributed by atoms with Crippen molar-refractivity contribution in [2.45, 2.75) is 23.8 Å². The van der Waals surface area contributed by atoms with Crippen LogP contribution in [0.15, 0.2) is 53.4 Å². The summed E-state index contributed by atoms with van der Waals surface area (Å²) < 4.78 is 26.7. The number of carbonyl (C=O) groups is 2. The van der Waals surface area contributed by atoms with Gasteiger partial charge in [0.2, 0.25) is 10.0 Å². The number of benzene rings is 2. The minimum Gasteiger partial charge on any atom is -0.267 e. The van der Waals surface area contributed by atoms with Crippen molar-refractivity contribution in [1.29, 1.82) is 0 Å². The molecule has 0 heterocycles. The zero-order chi connectivity index (χ0) is 18.7. The van der Waals surface area contributed by atoms with Crippen LogP contribution in [-0.2, 0) is 10.0 Å². The maximum Gasteiger partial charge on any atom is 0.269 e. The summed E-state index contributed by atoms with van der Waals surface area (Å²) in [6.45, 7) is 0. The first-order valence-electron chi connectivity index (χ1n) is 7.84. The van der Waals surface area contributed by atoms with E-state index >= 15 is 0 Å².